The van der Waals surface area contributed by atoms with Crippen molar-refractivity contribution in [2.24, 2.45) is 5.10 Å². The molecular formula is C30H28N4O3. The summed E-state index contributed by atoms with van der Waals surface area (Å²) in [5.41, 5.74) is 2.49. The molecule has 37 heavy (non-hydrogen) atoms. The summed E-state index contributed by atoms with van der Waals surface area (Å²) in [7, 11) is 1.57. The number of nitriles is 1. The number of hydrogen-bond donors (Lipinski definition) is 0. The molecule has 0 amide bonds. The Morgan fingerprint density at radius 3 is 2.65 bits per heavy atom. The highest BCUT2D eigenvalue weighted by Gasteiger charge is 2.22. The van der Waals surface area contributed by atoms with Crippen LogP contribution in [0.15, 0.2) is 76.6 Å². The van der Waals surface area contributed by atoms with Crippen LogP contribution < -0.4 is 15.0 Å². The van der Waals surface area contributed by atoms with E-state index in [1.54, 1.807) is 31.5 Å². The van der Waals surface area contributed by atoms with E-state index >= 15 is 0 Å². The molecule has 0 unspecified atom stereocenters. The number of fused-ring (bicyclic) bond motifs is 1. The number of methoxy groups -OCH3 is 1. The van der Waals surface area contributed by atoms with E-state index in [9.17, 15) is 10.1 Å². The number of benzene rings is 3. The average molecular weight is 493 g/mol. The quantitative estimate of drug-likeness (QED) is 0.305. The van der Waals surface area contributed by atoms with Gasteiger partial charge in [0.25, 0.3) is 5.56 Å². The van der Waals surface area contributed by atoms with Crippen LogP contribution in [0.3, 0.4) is 0 Å². The molecule has 0 spiro atoms. The number of hydrogen-bond acceptors (Lipinski definition) is 6. The zero-order valence-corrected chi connectivity index (χ0v) is 20.8. The number of para-hydroxylation sites is 2. The summed E-state index contributed by atoms with van der Waals surface area (Å²) in [6, 6.07) is 22.4. The van der Waals surface area contributed by atoms with Crippen LogP contribution in [-0.4, -0.2) is 23.0 Å². The molecule has 0 radical (unpaired) electrons. The number of rotatable bonds is 7. The lowest BCUT2D eigenvalue weighted by Gasteiger charge is -2.22. The van der Waals surface area contributed by atoms with Crippen LogP contribution in [0.1, 0.15) is 60.5 Å². The second kappa shape index (κ2) is 11.1. The molecule has 4 aromatic rings. The van der Waals surface area contributed by atoms with Crippen LogP contribution in [0.4, 0.5) is 0 Å². The maximum absolute atomic E-state index is 13.5. The second-order valence-corrected chi connectivity index (χ2v) is 9.12. The van der Waals surface area contributed by atoms with Crippen molar-refractivity contribution in [3.05, 3.63) is 99.6 Å². The zero-order chi connectivity index (χ0) is 25.6. The normalized spacial score (nSPS) is 14.1. The van der Waals surface area contributed by atoms with Crippen LogP contribution in [-0.2, 0) is 6.61 Å². The van der Waals surface area contributed by atoms with Crippen LogP contribution in [0.2, 0.25) is 0 Å². The zero-order valence-electron chi connectivity index (χ0n) is 20.8. The van der Waals surface area contributed by atoms with Gasteiger partial charge in [-0.2, -0.15) is 15.0 Å². The fraction of sp³-hybridized carbons (Fsp3) is 0.267. The maximum Gasteiger partial charge on any atom is 0.282 e. The summed E-state index contributed by atoms with van der Waals surface area (Å²) in [4.78, 5) is 18.4. The van der Waals surface area contributed by atoms with Gasteiger partial charge in [0.2, 0.25) is 0 Å². The monoisotopic (exact) mass is 492 g/mol. The van der Waals surface area contributed by atoms with Crippen molar-refractivity contribution in [1.82, 2.24) is 9.66 Å². The Morgan fingerprint density at radius 2 is 1.84 bits per heavy atom. The molecule has 1 saturated carbocycles. The fourth-order valence-electron chi connectivity index (χ4n) is 4.85. The summed E-state index contributed by atoms with van der Waals surface area (Å²) in [5, 5.41) is 14.6. The summed E-state index contributed by atoms with van der Waals surface area (Å²) >= 11 is 0. The van der Waals surface area contributed by atoms with Gasteiger partial charge in [-0.3, -0.25) is 4.79 Å². The third kappa shape index (κ3) is 5.10. The number of nitrogens with zero attached hydrogens (tertiary/aromatic N) is 4. The summed E-state index contributed by atoms with van der Waals surface area (Å²) < 4.78 is 13.2. The molecule has 1 heterocycles. The summed E-state index contributed by atoms with van der Waals surface area (Å²) in [6.45, 7) is 0.190. The van der Waals surface area contributed by atoms with Crippen molar-refractivity contribution in [2.75, 3.05) is 7.11 Å². The summed E-state index contributed by atoms with van der Waals surface area (Å²) in [5.74, 6) is 1.91. The van der Waals surface area contributed by atoms with Crippen LogP contribution in [0.5, 0.6) is 11.5 Å². The first-order chi connectivity index (χ1) is 18.2. The predicted octanol–water partition coefficient (Wildman–Crippen LogP) is 5.79. The SMILES string of the molecule is COc1cccc(C=Nn2c(C3CCCCC3)nc3ccccc3c2=O)c1OCc1ccccc1C#N. The standard InChI is InChI=1S/C30H28N4O3/c1-36-27-17-9-14-23(28(27)37-20-24-13-6-5-12-22(24)18-31)19-32-34-29(21-10-3-2-4-11-21)33-26-16-8-7-15-25(26)30(34)35/h5-9,12-17,19,21H,2-4,10-11,20H2,1H3. The predicted molar refractivity (Wildman–Crippen MR) is 143 cm³/mol. The van der Waals surface area contributed by atoms with Crippen molar-refractivity contribution in [1.29, 1.82) is 5.26 Å². The van der Waals surface area contributed by atoms with Gasteiger partial charge in [0, 0.05) is 17.0 Å². The Hall–Kier alpha value is -4.44. The first-order valence-corrected chi connectivity index (χ1v) is 12.5. The van der Waals surface area contributed by atoms with E-state index in [-0.39, 0.29) is 18.1 Å². The van der Waals surface area contributed by atoms with Gasteiger partial charge < -0.3 is 9.47 Å². The van der Waals surface area contributed by atoms with E-state index in [1.807, 2.05) is 48.5 Å². The average Bonchev–Trinajstić information content (AvgIpc) is 2.96. The molecular weight excluding hydrogens is 464 g/mol. The van der Waals surface area contributed by atoms with Crippen LogP contribution in [0, 0.1) is 11.3 Å². The summed E-state index contributed by atoms with van der Waals surface area (Å²) in [6.07, 6.45) is 7.05. The molecule has 7 heteroatoms. The van der Waals surface area contributed by atoms with Gasteiger partial charge in [-0.05, 0) is 43.2 Å². The van der Waals surface area contributed by atoms with E-state index in [0.717, 1.165) is 31.2 Å². The van der Waals surface area contributed by atoms with Crippen molar-refractivity contribution in [3.63, 3.8) is 0 Å². The molecule has 1 aromatic heterocycles. The highest BCUT2D eigenvalue weighted by atomic mass is 16.5. The van der Waals surface area contributed by atoms with Gasteiger partial charge in [0.05, 0.1) is 35.9 Å². The maximum atomic E-state index is 13.5. The van der Waals surface area contributed by atoms with Gasteiger partial charge in [-0.1, -0.05) is 55.7 Å². The van der Waals surface area contributed by atoms with Crippen LogP contribution >= 0.6 is 0 Å². The molecule has 186 valence electrons. The van der Waals surface area contributed by atoms with Crippen molar-refractivity contribution in [3.8, 4) is 17.6 Å². The minimum Gasteiger partial charge on any atom is -0.493 e. The highest BCUT2D eigenvalue weighted by Crippen LogP contribution is 2.33. The van der Waals surface area contributed by atoms with Crippen molar-refractivity contribution >= 4 is 17.1 Å². The Kier molecular flexibility index (Phi) is 7.27. The molecule has 3 aromatic carbocycles. The van der Waals surface area contributed by atoms with E-state index in [0.29, 0.717) is 39.4 Å². The van der Waals surface area contributed by atoms with Gasteiger partial charge in [0.1, 0.15) is 12.4 Å². The van der Waals surface area contributed by atoms with Gasteiger partial charge >= 0.3 is 0 Å². The van der Waals surface area contributed by atoms with E-state index in [4.69, 9.17) is 14.5 Å². The third-order valence-corrected chi connectivity index (χ3v) is 6.80. The minimum absolute atomic E-state index is 0.185. The Balaban J connectivity index is 1.55. The largest absolute Gasteiger partial charge is 0.493 e. The molecule has 5 rings (SSSR count). The lowest BCUT2D eigenvalue weighted by atomic mass is 9.88. The topological polar surface area (TPSA) is 89.5 Å². The van der Waals surface area contributed by atoms with E-state index in [2.05, 4.69) is 11.2 Å². The molecule has 0 N–H and O–H groups in total. The van der Waals surface area contributed by atoms with Crippen LogP contribution in [0.25, 0.3) is 10.9 Å². The molecule has 0 atom stereocenters. The lowest BCUT2D eigenvalue weighted by molar-refractivity contribution is 0.284. The molecule has 0 saturated heterocycles. The molecule has 1 aliphatic carbocycles. The van der Waals surface area contributed by atoms with Crippen molar-refractivity contribution < 1.29 is 9.47 Å². The smallest absolute Gasteiger partial charge is 0.282 e. The second-order valence-electron chi connectivity index (χ2n) is 9.12. The Bertz CT molecular complexity index is 1540. The van der Waals surface area contributed by atoms with E-state index < -0.39 is 0 Å². The first kappa shape index (κ1) is 24.3. The molecule has 7 nitrogen and oxygen atoms in total. The van der Waals surface area contributed by atoms with Crippen molar-refractivity contribution in [2.45, 2.75) is 44.6 Å². The molecule has 0 bridgehead atoms. The number of ether oxygens (including phenoxy) is 2. The highest BCUT2D eigenvalue weighted by molar-refractivity contribution is 5.85. The Labute approximate surface area is 215 Å². The van der Waals surface area contributed by atoms with Gasteiger partial charge in [0.15, 0.2) is 11.5 Å². The third-order valence-electron chi connectivity index (χ3n) is 6.80. The molecule has 1 fully saturated rings. The molecule has 0 aliphatic heterocycles. The Morgan fingerprint density at radius 1 is 1.05 bits per heavy atom. The minimum atomic E-state index is -0.185. The first-order valence-electron chi connectivity index (χ1n) is 12.5. The lowest BCUT2D eigenvalue weighted by Crippen LogP contribution is -2.25. The fourth-order valence-corrected chi connectivity index (χ4v) is 4.85. The number of aromatic nitrogens is 2. The van der Waals surface area contributed by atoms with Gasteiger partial charge in [-0.25, -0.2) is 4.98 Å². The van der Waals surface area contributed by atoms with E-state index in [1.165, 1.54) is 11.1 Å². The van der Waals surface area contributed by atoms with Gasteiger partial charge in [-0.15, -0.1) is 0 Å². The molecule has 1 aliphatic rings.